The van der Waals surface area contributed by atoms with E-state index in [-0.39, 0.29) is 12.4 Å². The van der Waals surface area contributed by atoms with Gasteiger partial charge in [-0.3, -0.25) is 14.9 Å². The average Bonchev–Trinajstić information content (AvgIpc) is 2.97. The number of hydrogen-bond acceptors (Lipinski definition) is 5. The summed E-state index contributed by atoms with van der Waals surface area (Å²) < 4.78 is 6.47. The molecule has 23 heavy (non-hydrogen) atoms. The van der Waals surface area contributed by atoms with E-state index in [0.717, 1.165) is 0 Å². The van der Waals surface area contributed by atoms with Crippen LogP contribution in [0.15, 0.2) is 24.4 Å². The largest absolute Gasteiger partial charge is 0.497 e. The molecule has 3 amide bonds. The third-order valence-electron chi connectivity index (χ3n) is 4.02. The summed E-state index contributed by atoms with van der Waals surface area (Å²) in [5, 5.41) is 16.0. The zero-order valence-electron chi connectivity index (χ0n) is 12.5. The predicted octanol–water partition coefficient (Wildman–Crippen LogP) is 0.523. The molecule has 0 saturated carbocycles. The third-order valence-corrected chi connectivity index (χ3v) is 4.02. The maximum Gasteiger partial charge on any atom is 0.322 e. The molecule has 3 N–H and O–H groups in total. The number of carbonyl (C=O) groups excluding carboxylic acids is 3. The van der Waals surface area contributed by atoms with Crippen molar-refractivity contribution in [3.63, 3.8) is 0 Å². The highest BCUT2D eigenvalue weighted by Gasteiger charge is 2.51. The molecule has 0 unspecified atom stereocenters. The number of nitrogens with one attached hydrogen (secondary N) is 2. The molecule has 1 aromatic heterocycles. The van der Waals surface area contributed by atoms with Gasteiger partial charge in [-0.1, -0.05) is 0 Å². The lowest BCUT2D eigenvalue weighted by Gasteiger charge is -2.23. The Morgan fingerprint density at radius 3 is 2.70 bits per heavy atom. The Kier molecular flexibility index (Phi) is 3.24. The molecule has 8 heteroatoms. The summed E-state index contributed by atoms with van der Waals surface area (Å²) >= 11 is 0. The molecule has 0 aliphatic carbocycles. The van der Waals surface area contributed by atoms with E-state index in [1.807, 2.05) is 0 Å². The van der Waals surface area contributed by atoms with E-state index < -0.39 is 23.3 Å². The van der Waals surface area contributed by atoms with Crippen molar-refractivity contribution in [3.8, 4) is 11.6 Å². The predicted molar refractivity (Wildman–Crippen MR) is 80.2 cm³/mol. The van der Waals surface area contributed by atoms with Crippen LogP contribution in [0.25, 0.3) is 10.8 Å². The minimum atomic E-state index is -1.73. The molecule has 0 spiro atoms. The lowest BCUT2D eigenvalue weighted by molar-refractivity contribution is -0.134. The van der Waals surface area contributed by atoms with Crippen molar-refractivity contribution in [1.29, 1.82) is 0 Å². The van der Waals surface area contributed by atoms with Gasteiger partial charge in [-0.15, -0.1) is 0 Å². The van der Waals surface area contributed by atoms with Gasteiger partial charge in [0.05, 0.1) is 13.7 Å². The molecule has 0 bridgehead atoms. The van der Waals surface area contributed by atoms with Gasteiger partial charge in [-0.05, 0) is 25.1 Å². The first-order valence-electron chi connectivity index (χ1n) is 6.88. The Bertz CT molecular complexity index is 841. The minimum absolute atomic E-state index is 0.117. The summed E-state index contributed by atoms with van der Waals surface area (Å²) in [4.78, 5) is 35.4. The Morgan fingerprint density at radius 2 is 2.13 bits per heavy atom. The van der Waals surface area contributed by atoms with Crippen molar-refractivity contribution >= 4 is 28.5 Å². The zero-order valence-corrected chi connectivity index (χ0v) is 12.5. The highest BCUT2D eigenvalue weighted by Crippen LogP contribution is 2.32. The van der Waals surface area contributed by atoms with E-state index in [1.165, 1.54) is 18.6 Å². The van der Waals surface area contributed by atoms with Crippen LogP contribution in [0.2, 0.25) is 0 Å². The number of ketones is 1. The van der Waals surface area contributed by atoms with Gasteiger partial charge in [0, 0.05) is 17.0 Å². The van der Waals surface area contributed by atoms with Crippen LogP contribution in [0.5, 0.6) is 11.6 Å². The molecule has 3 rings (SSSR count). The molecule has 1 atom stereocenters. The average molecular weight is 317 g/mol. The molecule has 1 fully saturated rings. The van der Waals surface area contributed by atoms with Crippen LogP contribution in [0, 0.1) is 0 Å². The molecule has 1 aromatic carbocycles. The van der Waals surface area contributed by atoms with Gasteiger partial charge in [-0.25, -0.2) is 4.79 Å². The number of amides is 3. The lowest BCUT2D eigenvalue weighted by atomic mass is 9.95. The highest BCUT2D eigenvalue weighted by atomic mass is 16.5. The van der Waals surface area contributed by atoms with Crippen LogP contribution in [-0.4, -0.2) is 40.0 Å². The second kappa shape index (κ2) is 5.01. The smallest absolute Gasteiger partial charge is 0.322 e. The maximum absolute atomic E-state index is 12.0. The summed E-state index contributed by atoms with van der Waals surface area (Å²) in [6, 6.07) is 4.40. The van der Waals surface area contributed by atoms with Crippen LogP contribution in [0.4, 0.5) is 4.79 Å². The second-order valence-corrected chi connectivity index (χ2v) is 5.40. The van der Waals surface area contributed by atoms with Gasteiger partial charge >= 0.3 is 6.03 Å². The molecule has 8 nitrogen and oxygen atoms in total. The molecular formula is C15H15N3O5. The molecule has 1 saturated heterocycles. The molecule has 0 radical (unpaired) electrons. The standard InChI is InChI=1S/C15H15N3O5/c1-8(19)15(13(21)16-14(22)17-15)7-18-6-9-3-4-10(23-2)5-11(9)12(18)20/h3-6,20H,7H2,1-2H3,(H2,16,17,21,22)/t15-/m0/s1. The van der Waals surface area contributed by atoms with Crippen molar-refractivity contribution < 1.29 is 24.2 Å². The number of aromatic nitrogens is 1. The van der Waals surface area contributed by atoms with E-state index in [4.69, 9.17) is 4.74 Å². The highest BCUT2D eigenvalue weighted by molar-refractivity contribution is 6.20. The number of methoxy groups -OCH3 is 1. The van der Waals surface area contributed by atoms with Crippen LogP contribution in [0.3, 0.4) is 0 Å². The van der Waals surface area contributed by atoms with Gasteiger partial charge in [0.1, 0.15) is 5.75 Å². The number of fused-ring (bicyclic) bond motifs is 1. The SMILES string of the molecule is COc1ccc2cn(C[C@@]3(C(C)=O)NC(=O)NC3=O)c(O)c2c1. The fraction of sp³-hybridized carbons (Fsp3) is 0.267. The van der Waals surface area contributed by atoms with Gasteiger partial charge in [-0.2, -0.15) is 0 Å². The number of imide groups is 1. The number of Topliss-reactive ketones (excluding diaryl/α,β-unsaturated/α-hetero) is 1. The topological polar surface area (TPSA) is 110 Å². The second-order valence-electron chi connectivity index (χ2n) is 5.40. The molecule has 2 heterocycles. The maximum atomic E-state index is 12.0. The van der Waals surface area contributed by atoms with Crippen molar-refractivity contribution in [2.24, 2.45) is 0 Å². The summed E-state index contributed by atoms with van der Waals surface area (Å²) in [5.74, 6) is -0.799. The number of urea groups is 1. The summed E-state index contributed by atoms with van der Waals surface area (Å²) in [6.07, 6.45) is 1.60. The van der Waals surface area contributed by atoms with Crippen LogP contribution >= 0.6 is 0 Å². The fourth-order valence-electron chi connectivity index (χ4n) is 2.69. The summed E-state index contributed by atoms with van der Waals surface area (Å²) in [5.41, 5.74) is -1.73. The Hall–Kier alpha value is -3.03. The Labute approximate surface area is 131 Å². The van der Waals surface area contributed by atoms with Crippen LogP contribution < -0.4 is 15.4 Å². The van der Waals surface area contributed by atoms with E-state index in [2.05, 4.69) is 10.6 Å². The Balaban J connectivity index is 2.06. The van der Waals surface area contributed by atoms with Crippen molar-refractivity contribution in [1.82, 2.24) is 15.2 Å². The van der Waals surface area contributed by atoms with E-state index in [1.54, 1.807) is 24.4 Å². The van der Waals surface area contributed by atoms with Crippen LogP contribution in [-0.2, 0) is 16.1 Å². The normalized spacial score (nSPS) is 20.4. The molecule has 1 aliphatic rings. The number of aromatic hydroxyl groups is 1. The monoisotopic (exact) mass is 317 g/mol. The van der Waals surface area contributed by atoms with Gasteiger partial charge in [0.2, 0.25) is 0 Å². The van der Waals surface area contributed by atoms with E-state index in [0.29, 0.717) is 16.5 Å². The number of ether oxygens (including phenoxy) is 1. The van der Waals surface area contributed by atoms with Crippen molar-refractivity contribution in [3.05, 3.63) is 24.4 Å². The van der Waals surface area contributed by atoms with E-state index >= 15 is 0 Å². The molecule has 2 aromatic rings. The number of benzene rings is 1. The molecule has 120 valence electrons. The Morgan fingerprint density at radius 1 is 1.39 bits per heavy atom. The quantitative estimate of drug-likeness (QED) is 0.562. The lowest BCUT2D eigenvalue weighted by Crippen LogP contribution is -2.55. The third kappa shape index (κ3) is 2.19. The minimum Gasteiger partial charge on any atom is -0.497 e. The summed E-state index contributed by atoms with van der Waals surface area (Å²) in [6.45, 7) is 1.01. The van der Waals surface area contributed by atoms with Crippen molar-refractivity contribution in [2.45, 2.75) is 19.0 Å². The zero-order chi connectivity index (χ0) is 16.8. The summed E-state index contributed by atoms with van der Waals surface area (Å²) in [7, 11) is 1.51. The number of rotatable bonds is 4. The number of hydrogen-bond donors (Lipinski definition) is 3. The van der Waals surface area contributed by atoms with Crippen molar-refractivity contribution in [2.75, 3.05) is 7.11 Å². The van der Waals surface area contributed by atoms with Crippen LogP contribution in [0.1, 0.15) is 6.92 Å². The number of nitrogens with zero attached hydrogens (tertiary/aromatic N) is 1. The van der Waals surface area contributed by atoms with Gasteiger partial charge in [0.25, 0.3) is 5.91 Å². The van der Waals surface area contributed by atoms with E-state index in [9.17, 15) is 19.5 Å². The first kappa shape index (κ1) is 14.9. The molecule has 1 aliphatic heterocycles. The first-order valence-corrected chi connectivity index (χ1v) is 6.88. The first-order chi connectivity index (χ1) is 10.9. The van der Waals surface area contributed by atoms with Gasteiger partial charge in [0.15, 0.2) is 17.2 Å². The van der Waals surface area contributed by atoms with Gasteiger partial charge < -0.3 is 19.7 Å². The molecular weight excluding hydrogens is 302 g/mol. The number of carbonyl (C=O) groups is 3. The fourth-order valence-corrected chi connectivity index (χ4v) is 2.69.